The minimum absolute atomic E-state index is 0.335. The molecule has 0 unspecified atom stereocenters. The molecule has 0 radical (unpaired) electrons. The molecule has 206 valence electrons. The first kappa shape index (κ1) is 33.9. The summed E-state index contributed by atoms with van der Waals surface area (Å²) in [5.74, 6) is 0.577. The van der Waals surface area contributed by atoms with E-state index in [0.29, 0.717) is 18.4 Å². The molecule has 0 bridgehead atoms. The molecule has 0 saturated carbocycles. The lowest BCUT2D eigenvalue weighted by Crippen LogP contribution is -2.20. The summed E-state index contributed by atoms with van der Waals surface area (Å²) in [6.07, 6.45) is 28.2. The average molecular weight is 485 g/mol. The van der Waals surface area contributed by atoms with Crippen LogP contribution >= 0.6 is 0 Å². The zero-order valence-corrected chi connectivity index (χ0v) is 23.9. The maximum Gasteiger partial charge on any atom is 0.0594 e. The van der Waals surface area contributed by atoms with Crippen LogP contribution < -0.4 is 0 Å². The molecule has 3 heteroatoms. The van der Waals surface area contributed by atoms with Crippen LogP contribution in [0.4, 0.5) is 0 Å². The molecular weight excluding hydrogens is 420 g/mol. The van der Waals surface area contributed by atoms with Gasteiger partial charge in [-0.2, -0.15) is 0 Å². The molecule has 0 spiro atoms. The largest absolute Gasteiger partial charge is 0.393 e. The Bertz CT molecular complexity index is 383. The van der Waals surface area contributed by atoms with Crippen LogP contribution in [0.15, 0.2) is 0 Å². The molecule has 0 amide bonds. The molecule has 0 aromatic rings. The van der Waals surface area contributed by atoms with Crippen LogP contribution in [0.5, 0.6) is 0 Å². The summed E-state index contributed by atoms with van der Waals surface area (Å²) in [6.45, 7) is 6.72. The topological polar surface area (TPSA) is 49.7 Å². The molecule has 0 aromatic heterocycles. The van der Waals surface area contributed by atoms with Gasteiger partial charge in [-0.1, -0.05) is 136 Å². The van der Waals surface area contributed by atoms with E-state index >= 15 is 0 Å². The second-order valence-corrected chi connectivity index (χ2v) is 11.1. The Kier molecular flexibility index (Phi) is 25.9. The highest BCUT2D eigenvalue weighted by Gasteiger charge is 2.15. The minimum atomic E-state index is -0.351. The Morgan fingerprint density at radius 3 is 1.26 bits per heavy atom. The van der Waals surface area contributed by atoms with E-state index in [4.69, 9.17) is 4.74 Å². The van der Waals surface area contributed by atoms with Gasteiger partial charge in [-0.15, -0.1) is 0 Å². The summed E-state index contributed by atoms with van der Waals surface area (Å²) in [6, 6.07) is 0. The lowest BCUT2D eigenvalue weighted by molar-refractivity contribution is 0.0495. The number of ether oxygens (including phenoxy) is 1. The van der Waals surface area contributed by atoms with Gasteiger partial charge in [0.2, 0.25) is 0 Å². The van der Waals surface area contributed by atoms with Gasteiger partial charge in [-0.05, 0) is 38.0 Å². The Morgan fingerprint density at radius 2 is 0.882 bits per heavy atom. The molecule has 3 nitrogen and oxygen atoms in total. The predicted molar refractivity (Wildman–Crippen MR) is 150 cm³/mol. The van der Waals surface area contributed by atoms with Crippen LogP contribution in [0.3, 0.4) is 0 Å². The second-order valence-electron chi connectivity index (χ2n) is 11.1. The molecular formula is C31H64O3. The molecule has 0 aliphatic heterocycles. The van der Waals surface area contributed by atoms with Crippen LogP contribution in [0.25, 0.3) is 0 Å². The third-order valence-electron chi connectivity index (χ3n) is 7.72. The van der Waals surface area contributed by atoms with Crippen molar-refractivity contribution in [2.75, 3.05) is 7.11 Å². The fourth-order valence-electron chi connectivity index (χ4n) is 5.31. The molecule has 2 N–H and O–H groups in total. The van der Waals surface area contributed by atoms with Crippen molar-refractivity contribution in [1.29, 1.82) is 0 Å². The molecule has 0 fully saturated rings. The maximum absolute atomic E-state index is 10.2. The van der Waals surface area contributed by atoms with Crippen molar-refractivity contribution < 1.29 is 14.9 Å². The van der Waals surface area contributed by atoms with Crippen molar-refractivity contribution in [2.45, 2.75) is 187 Å². The zero-order valence-electron chi connectivity index (χ0n) is 23.9. The highest BCUT2D eigenvalue weighted by Crippen LogP contribution is 2.20. The van der Waals surface area contributed by atoms with Gasteiger partial charge in [-0.25, -0.2) is 0 Å². The van der Waals surface area contributed by atoms with Crippen LogP contribution in [-0.2, 0) is 4.74 Å². The second kappa shape index (κ2) is 26.0. The molecule has 0 heterocycles. The summed E-state index contributed by atoms with van der Waals surface area (Å²) >= 11 is 0. The van der Waals surface area contributed by atoms with Gasteiger partial charge in [0.05, 0.1) is 18.3 Å². The Hall–Kier alpha value is -0.120. The van der Waals surface area contributed by atoms with Gasteiger partial charge < -0.3 is 14.9 Å². The van der Waals surface area contributed by atoms with Crippen molar-refractivity contribution in [1.82, 2.24) is 0 Å². The van der Waals surface area contributed by atoms with Crippen molar-refractivity contribution >= 4 is 0 Å². The molecule has 0 aliphatic carbocycles. The molecule has 0 aliphatic rings. The minimum Gasteiger partial charge on any atom is -0.393 e. The lowest BCUT2D eigenvalue weighted by atomic mass is 9.94. The molecule has 34 heavy (non-hydrogen) atoms. The van der Waals surface area contributed by atoms with Crippen molar-refractivity contribution in [3.05, 3.63) is 0 Å². The van der Waals surface area contributed by atoms with Gasteiger partial charge in [0.15, 0.2) is 0 Å². The first-order chi connectivity index (χ1) is 16.5. The number of hydrogen-bond donors (Lipinski definition) is 2. The van der Waals surface area contributed by atoms with Gasteiger partial charge >= 0.3 is 0 Å². The SMILES string of the molecule is CCCCCCCCCCCCCCCCCC[C@H](O)C[C@H](O)CCCC[C@@H](C)[C@H](CC)OC. The van der Waals surface area contributed by atoms with Gasteiger partial charge in [0.25, 0.3) is 0 Å². The van der Waals surface area contributed by atoms with E-state index in [-0.39, 0.29) is 12.2 Å². The normalized spacial score (nSPS) is 15.4. The summed E-state index contributed by atoms with van der Waals surface area (Å²) in [7, 11) is 1.80. The molecule has 0 saturated heterocycles. The van der Waals surface area contributed by atoms with Crippen molar-refractivity contribution in [2.24, 2.45) is 5.92 Å². The first-order valence-electron chi connectivity index (χ1n) is 15.4. The monoisotopic (exact) mass is 484 g/mol. The van der Waals surface area contributed by atoms with E-state index in [0.717, 1.165) is 44.9 Å². The molecule has 0 aromatic carbocycles. The van der Waals surface area contributed by atoms with E-state index in [1.807, 2.05) is 0 Å². The smallest absolute Gasteiger partial charge is 0.0594 e. The molecule has 0 rings (SSSR count). The van der Waals surface area contributed by atoms with Crippen LogP contribution in [0, 0.1) is 5.92 Å². The van der Waals surface area contributed by atoms with E-state index in [2.05, 4.69) is 20.8 Å². The number of unbranched alkanes of at least 4 members (excludes halogenated alkanes) is 16. The van der Waals surface area contributed by atoms with E-state index in [1.165, 1.54) is 96.3 Å². The standard InChI is InChI=1S/C31H64O3/c1-5-7-8-9-10-11-12-13-14-15-16-17-18-19-20-21-25-29(32)27-30(33)26-23-22-24-28(3)31(6-2)34-4/h28-33H,5-27H2,1-4H3/t28-,29+,30-,31+/m1/s1. The third-order valence-corrected chi connectivity index (χ3v) is 7.72. The fourth-order valence-corrected chi connectivity index (χ4v) is 5.31. The first-order valence-corrected chi connectivity index (χ1v) is 15.4. The van der Waals surface area contributed by atoms with Crippen molar-refractivity contribution in [3.8, 4) is 0 Å². The zero-order chi connectivity index (χ0) is 25.3. The van der Waals surface area contributed by atoms with Gasteiger partial charge in [-0.3, -0.25) is 0 Å². The average Bonchev–Trinajstić information content (AvgIpc) is 2.82. The highest BCUT2D eigenvalue weighted by atomic mass is 16.5. The number of aliphatic hydroxyl groups excluding tert-OH is 2. The fraction of sp³-hybridized carbons (Fsp3) is 1.00. The summed E-state index contributed by atoms with van der Waals surface area (Å²) in [4.78, 5) is 0. The maximum atomic E-state index is 10.2. The number of methoxy groups -OCH3 is 1. The predicted octanol–water partition coefficient (Wildman–Crippen LogP) is 9.37. The van der Waals surface area contributed by atoms with Crippen LogP contribution in [-0.4, -0.2) is 35.6 Å². The number of rotatable bonds is 27. The quantitative estimate of drug-likeness (QED) is 0.114. The Balaban J connectivity index is 3.39. The van der Waals surface area contributed by atoms with E-state index in [1.54, 1.807) is 7.11 Å². The Morgan fingerprint density at radius 1 is 0.529 bits per heavy atom. The number of aliphatic hydroxyl groups is 2. The molecule has 4 atom stereocenters. The highest BCUT2D eigenvalue weighted by molar-refractivity contribution is 4.67. The van der Waals surface area contributed by atoms with Gasteiger partial charge in [0, 0.05) is 7.11 Å². The third kappa shape index (κ3) is 22.4. The summed E-state index contributed by atoms with van der Waals surface area (Å²) in [5, 5.41) is 20.5. The van der Waals surface area contributed by atoms with Crippen molar-refractivity contribution in [3.63, 3.8) is 0 Å². The van der Waals surface area contributed by atoms with Crippen LogP contribution in [0.1, 0.15) is 168 Å². The van der Waals surface area contributed by atoms with Gasteiger partial charge in [0.1, 0.15) is 0 Å². The van der Waals surface area contributed by atoms with Crippen LogP contribution in [0.2, 0.25) is 0 Å². The summed E-state index contributed by atoms with van der Waals surface area (Å²) in [5.41, 5.74) is 0. The summed E-state index contributed by atoms with van der Waals surface area (Å²) < 4.78 is 5.52. The van der Waals surface area contributed by atoms with E-state index in [9.17, 15) is 10.2 Å². The Labute approximate surface area is 214 Å². The lowest BCUT2D eigenvalue weighted by Gasteiger charge is -2.21. The number of hydrogen-bond acceptors (Lipinski definition) is 3. The van der Waals surface area contributed by atoms with E-state index < -0.39 is 0 Å².